The molecule has 0 spiro atoms. The summed E-state index contributed by atoms with van der Waals surface area (Å²) in [5, 5.41) is 1.13. The Labute approximate surface area is 117 Å². The Hall–Kier alpha value is -2.62. The summed E-state index contributed by atoms with van der Waals surface area (Å²) < 4.78 is 10.8. The molecule has 1 heterocycles. The first-order chi connectivity index (χ1) is 9.74. The largest absolute Gasteiger partial charge is 0.497 e. The predicted molar refractivity (Wildman–Crippen MR) is 80.0 cm³/mol. The molecule has 0 saturated heterocycles. The first kappa shape index (κ1) is 12.4. The molecule has 0 aliphatic heterocycles. The van der Waals surface area contributed by atoms with Gasteiger partial charge in [-0.05, 0) is 47.9 Å². The zero-order valence-electron chi connectivity index (χ0n) is 11.2. The third kappa shape index (κ3) is 2.54. The maximum atomic E-state index is 5.76. The molecule has 4 heteroatoms. The van der Waals surface area contributed by atoms with Crippen molar-refractivity contribution in [3.05, 3.63) is 54.2 Å². The van der Waals surface area contributed by atoms with Gasteiger partial charge >= 0.3 is 0 Å². The number of ether oxygens (including phenoxy) is 2. The van der Waals surface area contributed by atoms with Crippen molar-refractivity contribution in [2.24, 2.45) is 0 Å². The number of hydrogen-bond donors (Lipinski definition) is 2. The smallest absolute Gasteiger partial charge is 0.128 e. The summed E-state index contributed by atoms with van der Waals surface area (Å²) in [7, 11) is 1.64. The summed E-state index contributed by atoms with van der Waals surface area (Å²) in [5.74, 6) is 1.63. The van der Waals surface area contributed by atoms with Crippen LogP contribution in [-0.4, -0.2) is 12.1 Å². The van der Waals surface area contributed by atoms with E-state index >= 15 is 0 Å². The molecule has 0 atom stereocenters. The number of nitrogen functional groups attached to an aromatic ring is 1. The van der Waals surface area contributed by atoms with Gasteiger partial charge in [0.25, 0.3) is 0 Å². The van der Waals surface area contributed by atoms with Crippen molar-refractivity contribution in [1.82, 2.24) is 4.98 Å². The number of benzene rings is 2. The van der Waals surface area contributed by atoms with E-state index in [0.29, 0.717) is 6.61 Å². The lowest BCUT2D eigenvalue weighted by molar-refractivity contribution is 0.301. The number of anilines is 1. The minimum absolute atomic E-state index is 0.487. The molecular formula is C16H16N2O2. The minimum atomic E-state index is 0.487. The van der Waals surface area contributed by atoms with Crippen molar-refractivity contribution in [2.45, 2.75) is 6.61 Å². The van der Waals surface area contributed by atoms with Gasteiger partial charge in [0.1, 0.15) is 18.1 Å². The standard InChI is InChI=1S/C16H16N2O2/c1-19-14-4-6-15(7-5-14)20-10-13-8-11-2-3-12(17)9-16(11)18-13/h2-9,18H,10,17H2,1H3. The highest BCUT2D eigenvalue weighted by molar-refractivity contribution is 5.83. The van der Waals surface area contributed by atoms with Crippen LogP contribution in [0.25, 0.3) is 10.9 Å². The molecule has 0 amide bonds. The monoisotopic (exact) mass is 268 g/mol. The maximum Gasteiger partial charge on any atom is 0.128 e. The van der Waals surface area contributed by atoms with Crippen LogP contribution < -0.4 is 15.2 Å². The van der Waals surface area contributed by atoms with Gasteiger partial charge in [0.2, 0.25) is 0 Å². The van der Waals surface area contributed by atoms with E-state index in [2.05, 4.69) is 11.1 Å². The van der Waals surface area contributed by atoms with Gasteiger partial charge in [0, 0.05) is 11.2 Å². The fourth-order valence-electron chi connectivity index (χ4n) is 2.12. The van der Waals surface area contributed by atoms with E-state index in [1.165, 1.54) is 0 Å². The van der Waals surface area contributed by atoms with Crippen molar-refractivity contribution in [2.75, 3.05) is 12.8 Å². The van der Waals surface area contributed by atoms with E-state index < -0.39 is 0 Å². The van der Waals surface area contributed by atoms with Gasteiger partial charge in [-0.15, -0.1) is 0 Å². The van der Waals surface area contributed by atoms with Crippen LogP contribution in [0.5, 0.6) is 11.5 Å². The molecule has 0 fully saturated rings. The van der Waals surface area contributed by atoms with Gasteiger partial charge in [-0.1, -0.05) is 6.07 Å². The van der Waals surface area contributed by atoms with E-state index in [-0.39, 0.29) is 0 Å². The third-order valence-corrected chi connectivity index (χ3v) is 3.16. The van der Waals surface area contributed by atoms with Crippen LogP contribution in [-0.2, 0) is 6.61 Å². The Morgan fingerprint density at radius 1 is 1.00 bits per heavy atom. The summed E-state index contributed by atoms with van der Waals surface area (Å²) in [5.41, 5.74) is 8.56. The highest BCUT2D eigenvalue weighted by atomic mass is 16.5. The molecule has 0 bridgehead atoms. The topological polar surface area (TPSA) is 60.3 Å². The van der Waals surface area contributed by atoms with Crippen LogP contribution in [0.1, 0.15) is 5.69 Å². The number of aromatic amines is 1. The lowest BCUT2D eigenvalue weighted by atomic mass is 10.2. The number of methoxy groups -OCH3 is 1. The molecule has 2 aromatic carbocycles. The third-order valence-electron chi connectivity index (χ3n) is 3.16. The average molecular weight is 268 g/mol. The molecule has 4 nitrogen and oxygen atoms in total. The van der Waals surface area contributed by atoms with Crippen LogP contribution in [0, 0.1) is 0 Å². The lowest BCUT2D eigenvalue weighted by Crippen LogP contribution is -1.95. The molecule has 0 aliphatic carbocycles. The quantitative estimate of drug-likeness (QED) is 0.713. The van der Waals surface area contributed by atoms with Gasteiger partial charge in [-0.3, -0.25) is 0 Å². The first-order valence-electron chi connectivity index (χ1n) is 6.38. The molecule has 1 aromatic heterocycles. The Bertz CT molecular complexity index is 717. The minimum Gasteiger partial charge on any atom is -0.497 e. The van der Waals surface area contributed by atoms with E-state index in [1.807, 2.05) is 42.5 Å². The number of fused-ring (bicyclic) bond motifs is 1. The summed E-state index contributed by atoms with van der Waals surface area (Å²) in [6.07, 6.45) is 0. The molecule has 0 unspecified atom stereocenters. The normalized spacial score (nSPS) is 10.7. The lowest BCUT2D eigenvalue weighted by Gasteiger charge is -2.05. The van der Waals surface area contributed by atoms with Crippen molar-refractivity contribution >= 4 is 16.6 Å². The Balaban J connectivity index is 1.72. The van der Waals surface area contributed by atoms with Crippen LogP contribution in [0.15, 0.2) is 48.5 Å². The summed E-state index contributed by atoms with van der Waals surface area (Å²) in [6.45, 7) is 0.487. The SMILES string of the molecule is COc1ccc(OCc2cc3ccc(N)cc3[nH]2)cc1. The van der Waals surface area contributed by atoms with Crippen LogP contribution in [0.2, 0.25) is 0 Å². The molecule has 0 aliphatic rings. The molecule has 3 rings (SSSR count). The van der Waals surface area contributed by atoms with Crippen molar-refractivity contribution in [3.8, 4) is 11.5 Å². The van der Waals surface area contributed by atoms with Gasteiger partial charge in [-0.25, -0.2) is 0 Å². The molecule has 102 valence electrons. The van der Waals surface area contributed by atoms with E-state index in [0.717, 1.165) is 33.8 Å². The van der Waals surface area contributed by atoms with E-state index in [9.17, 15) is 0 Å². The van der Waals surface area contributed by atoms with Crippen molar-refractivity contribution in [1.29, 1.82) is 0 Å². The fraction of sp³-hybridized carbons (Fsp3) is 0.125. The Kier molecular flexibility index (Phi) is 3.21. The average Bonchev–Trinajstić information content (AvgIpc) is 2.87. The second kappa shape index (κ2) is 5.17. The highest BCUT2D eigenvalue weighted by Gasteiger charge is 2.02. The first-order valence-corrected chi connectivity index (χ1v) is 6.38. The van der Waals surface area contributed by atoms with E-state index in [4.69, 9.17) is 15.2 Å². The Morgan fingerprint density at radius 3 is 2.50 bits per heavy atom. The number of nitrogens with one attached hydrogen (secondary N) is 1. The molecule has 0 radical (unpaired) electrons. The summed E-state index contributed by atoms with van der Waals surface area (Å²) in [4.78, 5) is 3.30. The number of aromatic nitrogens is 1. The highest BCUT2D eigenvalue weighted by Crippen LogP contribution is 2.21. The zero-order chi connectivity index (χ0) is 13.9. The molecule has 0 saturated carbocycles. The van der Waals surface area contributed by atoms with Crippen LogP contribution in [0.3, 0.4) is 0 Å². The van der Waals surface area contributed by atoms with Crippen LogP contribution in [0.4, 0.5) is 5.69 Å². The van der Waals surface area contributed by atoms with Gasteiger partial charge in [0.05, 0.1) is 12.8 Å². The second-order valence-corrected chi connectivity index (χ2v) is 4.61. The molecule has 3 aromatic rings. The molecular weight excluding hydrogens is 252 g/mol. The zero-order valence-corrected chi connectivity index (χ0v) is 11.2. The number of rotatable bonds is 4. The van der Waals surface area contributed by atoms with Gasteiger partial charge < -0.3 is 20.2 Å². The molecule has 20 heavy (non-hydrogen) atoms. The fourth-order valence-corrected chi connectivity index (χ4v) is 2.12. The van der Waals surface area contributed by atoms with Crippen molar-refractivity contribution < 1.29 is 9.47 Å². The maximum absolute atomic E-state index is 5.76. The predicted octanol–water partition coefficient (Wildman–Crippen LogP) is 3.34. The van der Waals surface area contributed by atoms with Crippen LogP contribution >= 0.6 is 0 Å². The molecule has 3 N–H and O–H groups in total. The summed E-state index contributed by atoms with van der Waals surface area (Å²) in [6, 6.07) is 15.4. The van der Waals surface area contributed by atoms with E-state index in [1.54, 1.807) is 7.11 Å². The summed E-state index contributed by atoms with van der Waals surface area (Å²) >= 11 is 0. The van der Waals surface area contributed by atoms with Crippen molar-refractivity contribution in [3.63, 3.8) is 0 Å². The number of nitrogens with two attached hydrogens (primary N) is 1. The van der Waals surface area contributed by atoms with Gasteiger partial charge in [-0.2, -0.15) is 0 Å². The number of H-pyrrole nitrogens is 1. The van der Waals surface area contributed by atoms with Gasteiger partial charge in [0.15, 0.2) is 0 Å². The number of hydrogen-bond acceptors (Lipinski definition) is 3. The second-order valence-electron chi connectivity index (χ2n) is 4.61. The Morgan fingerprint density at radius 2 is 1.75 bits per heavy atom.